The molecule has 242 valence electrons. The Balaban J connectivity index is 1.28. The van der Waals surface area contributed by atoms with Gasteiger partial charge in [-0.1, -0.05) is 78.9 Å². The van der Waals surface area contributed by atoms with Crippen molar-refractivity contribution < 1.29 is 0 Å². The lowest BCUT2D eigenvalue weighted by molar-refractivity contribution is 1.06. The van der Waals surface area contributed by atoms with E-state index in [4.69, 9.17) is 11.6 Å². The molecular formula is C44H26N8. The summed E-state index contributed by atoms with van der Waals surface area (Å²) in [6.07, 6.45) is 9.00. The van der Waals surface area contributed by atoms with Crippen LogP contribution in [-0.2, 0) is 0 Å². The van der Waals surface area contributed by atoms with Crippen LogP contribution < -0.4 is 0 Å². The summed E-state index contributed by atoms with van der Waals surface area (Å²) >= 11 is 0. The SMILES string of the molecule is [C-]#[N+]c1cccc(-c2cc(-n3c4ccccc4c4ccc(-c5ncccn5)cc43)ncc2-n2c3ccccc3c3ccc(-c4ncccn4)cc32)c1. The number of pyridine rings is 1. The van der Waals surface area contributed by atoms with E-state index < -0.39 is 0 Å². The molecule has 0 bridgehead atoms. The summed E-state index contributed by atoms with van der Waals surface area (Å²) in [6.45, 7) is 7.83. The van der Waals surface area contributed by atoms with E-state index in [0.717, 1.165) is 77.4 Å². The van der Waals surface area contributed by atoms with Gasteiger partial charge >= 0.3 is 0 Å². The van der Waals surface area contributed by atoms with E-state index in [2.05, 4.69) is 131 Å². The van der Waals surface area contributed by atoms with Crippen LogP contribution in [0.25, 0.3) is 93.9 Å². The lowest BCUT2D eigenvalue weighted by atomic mass is 10.0. The van der Waals surface area contributed by atoms with Crippen molar-refractivity contribution in [3.63, 3.8) is 0 Å². The normalized spacial score (nSPS) is 11.4. The minimum absolute atomic E-state index is 0.567. The Morgan fingerprint density at radius 1 is 0.442 bits per heavy atom. The second-order valence-corrected chi connectivity index (χ2v) is 12.5. The topological polar surface area (TPSA) is 78.7 Å². The number of aromatic nitrogens is 7. The molecule has 0 atom stereocenters. The van der Waals surface area contributed by atoms with Crippen LogP contribution in [0.5, 0.6) is 0 Å². The number of rotatable bonds is 5. The molecule has 8 nitrogen and oxygen atoms in total. The van der Waals surface area contributed by atoms with Gasteiger partial charge in [0.2, 0.25) is 0 Å². The summed E-state index contributed by atoms with van der Waals surface area (Å²) < 4.78 is 4.48. The molecular weight excluding hydrogens is 641 g/mol. The highest BCUT2D eigenvalue weighted by molar-refractivity contribution is 6.11. The summed E-state index contributed by atoms with van der Waals surface area (Å²) in [5.41, 5.74) is 9.24. The first-order valence-electron chi connectivity index (χ1n) is 16.8. The van der Waals surface area contributed by atoms with Crippen LogP contribution in [0.15, 0.2) is 158 Å². The maximum absolute atomic E-state index is 7.83. The molecule has 0 aliphatic heterocycles. The van der Waals surface area contributed by atoms with Crippen molar-refractivity contribution in [2.45, 2.75) is 0 Å². The molecule has 10 aromatic rings. The molecule has 0 aliphatic rings. The number of benzene rings is 5. The quantitative estimate of drug-likeness (QED) is 0.171. The zero-order valence-corrected chi connectivity index (χ0v) is 27.6. The van der Waals surface area contributed by atoms with Gasteiger partial charge in [-0.15, -0.1) is 0 Å². The van der Waals surface area contributed by atoms with Crippen LogP contribution in [0.4, 0.5) is 5.69 Å². The molecule has 0 N–H and O–H groups in total. The molecule has 8 heteroatoms. The van der Waals surface area contributed by atoms with Crippen LogP contribution in [0.2, 0.25) is 0 Å². The predicted octanol–water partition coefficient (Wildman–Crippen LogP) is 10.4. The van der Waals surface area contributed by atoms with Gasteiger partial charge < -0.3 is 4.57 Å². The lowest BCUT2D eigenvalue weighted by Crippen LogP contribution is -2.03. The molecule has 5 aromatic heterocycles. The fourth-order valence-corrected chi connectivity index (χ4v) is 7.33. The van der Waals surface area contributed by atoms with Gasteiger partial charge in [0.1, 0.15) is 5.82 Å². The highest BCUT2D eigenvalue weighted by Gasteiger charge is 2.21. The molecule has 0 aliphatic carbocycles. The van der Waals surface area contributed by atoms with Crippen LogP contribution in [0, 0.1) is 6.57 Å². The number of hydrogen-bond acceptors (Lipinski definition) is 5. The summed E-state index contributed by atoms with van der Waals surface area (Å²) in [5, 5.41) is 4.47. The second-order valence-electron chi connectivity index (χ2n) is 12.5. The van der Waals surface area contributed by atoms with Gasteiger partial charge in [0.05, 0.1) is 40.5 Å². The highest BCUT2D eigenvalue weighted by Crippen LogP contribution is 2.40. The minimum atomic E-state index is 0.567. The Labute approximate surface area is 297 Å². The second kappa shape index (κ2) is 11.8. The van der Waals surface area contributed by atoms with Crippen LogP contribution in [0.3, 0.4) is 0 Å². The van der Waals surface area contributed by atoms with Gasteiger partial charge in [0.25, 0.3) is 0 Å². The van der Waals surface area contributed by atoms with E-state index in [1.165, 1.54) is 0 Å². The van der Waals surface area contributed by atoms with Crippen LogP contribution in [0.1, 0.15) is 0 Å². The monoisotopic (exact) mass is 666 g/mol. The molecule has 0 saturated carbocycles. The first kappa shape index (κ1) is 29.4. The number of hydrogen-bond donors (Lipinski definition) is 0. The van der Waals surface area contributed by atoms with E-state index in [9.17, 15) is 0 Å². The standard InChI is InChI=1S/C44H26N8/c1-45-31-10-6-9-28(23-31)36-26-42(52-38-14-5-3-12-33(38)35-18-16-30(25-40(35)52)44-48-21-8-22-49-44)50-27-41(36)51-37-13-4-2-11-32(37)34-17-15-29(24-39(34)51)43-46-19-7-20-47-43/h2-27H. The fourth-order valence-electron chi connectivity index (χ4n) is 7.33. The number of fused-ring (bicyclic) bond motifs is 6. The molecule has 5 aromatic carbocycles. The Kier molecular flexibility index (Phi) is 6.69. The highest BCUT2D eigenvalue weighted by atomic mass is 15.1. The zero-order chi connectivity index (χ0) is 34.6. The average Bonchev–Trinajstić information content (AvgIpc) is 3.73. The number of para-hydroxylation sites is 2. The smallest absolute Gasteiger partial charge is 0.187 e. The molecule has 0 fully saturated rings. The first-order chi connectivity index (χ1) is 25.7. The maximum atomic E-state index is 7.83. The van der Waals surface area contributed by atoms with E-state index >= 15 is 0 Å². The van der Waals surface area contributed by atoms with Crippen molar-refractivity contribution >= 4 is 49.3 Å². The Morgan fingerprint density at radius 3 is 1.62 bits per heavy atom. The van der Waals surface area contributed by atoms with Crippen molar-refractivity contribution in [2.24, 2.45) is 0 Å². The van der Waals surface area contributed by atoms with Crippen molar-refractivity contribution in [3.8, 4) is 45.4 Å². The van der Waals surface area contributed by atoms with Gasteiger partial charge in [0.15, 0.2) is 17.3 Å². The summed E-state index contributed by atoms with van der Waals surface area (Å²) in [4.78, 5) is 27.1. The third-order valence-electron chi connectivity index (χ3n) is 9.62. The van der Waals surface area contributed by atoms with E-state index in [1.807, 2.05) is 36.5 Å². The average molecular weight is 667 g/mol. The predicted molar refractivity (Wildman–Crippen MR) is 207 cm³/mol. The lowest BCUT2D eigenvalue weighted by Gasteiger charge is -2.17. The van der Waals surface area contributed by atoms with Crippen LogP contribution in [-0.4, -0.2) is 34.1 Å². The number of nitrogens with zero attached hydrogens (tertiary/aromatic N) is 8. The van der Waals surface area contributed by atoms with Crippen molar-refractivity contribution in [3.05, 3.63) is 170 Å². The molecule has 0 spiro atoms. The molecule has 0 saturated heterocycles. The van der Waals surface area contributed by atoms with Gasteiger partial charge in [-0.3, -0.25) is 4.57 Å². The molecule has 10 rings (SSSR count). The Hall–Kier alpha value is -7.50. The van der Waals surface area contributed by atoms with Crippen molar-refractivity contribution in [1.29, 1.82) is 0 Å². The third-order valence-corrected chi connectivity index (χ3v) is 9.62. The molecule has 0 unspecified atom stereocenters. The summed E-state index contributed by atoms with van der Waals surface area (Å²) in [6, 6.07) is 43.1. The molecule has 5 heterocycles. The zero-order valence-electron chi connectivity index (χ0n) is 27.6. The van der Waals surface area contributed by atoms with Gasteiger partial charge in [-0.25, -0.2) is 29.8 Å². The largest absolute Gasteiger partial charge is 0.307 e. The van der Waals surface area contributed by atoms with Gasteiger partial charge in [-0.2, -0.15) is 0 Å². The Morgan fingerprint density at radius 2 is 1.00 bits per heavy atom. The van der Waals surface area contributed by atoms with Crippen molar-refractivity contribution in [2.75, 3.05) is 0 Å². The minimum Gasteiger partial charge on any atom is -0.307 e. The molecule has 52 heavy (non-hydrogen) atoms. The van der Waals surface area contributed by atoms with E-state index in [1.54, 1.807) is 24.8 Å². The first-order valence-corrected chi connectivity index (χ1v) is 16.8. The third kappa shape index (κ3) is 4.65. The molecule has 0 amide bonds. The maximum Gasteiger partial charge on any atom is 0.187 e. The summed E-state index contributed by atoms with van der Waals surface area (Å²) in [5.74, 6) is 2.07. The van der Waals surface area contributed by atoms with Gasteiger partial charge in [-0.05, 0) is 54.1 Å². The summed E-state index contributed by atoms with van der Waals surface area (Å²) in [7, 11) is 0. The Bertz CT molecular complexity index is 3030. The fraction of sp³-hybridized carbons (Fsp3) is 0. The van der Waals surface area contributed by atoms with Crippen molar-refractivity contribution in [1.82, 2.24) is 34.1 Å². The molecule has 0 radical (unpaired) electrons. The van der Waals surface area contributed by atoms with Gasteiger partial charge in [0, 0.05) is 63.0 Å². The van der Waals surface area contributed by atoms with E-state index in [-0.39, 0.29) is 0 Å². The van der Waals surface area contributed by atoms with Crippen LogP contribution >= 0.6 is 0 Å². The van der Waals surface area contributed by atoms with E-state index in [0.29, 0.717) is 17.3 Å².